The van der Waals surface area contributed by atoms with Crippen LogP contribution >= 0.6 is 11.6 Å². The Morgan fingerprint density at radius 1 is 1.03 bits per heavy atom. The van der Waals surface area contributed by atoms with E-state index < -0.39 is 29.9 Å². The molecular weight excluding hydrogens is 500 g/mol. The first-order chi connectivity index (χ1) is 15.6. The minimum Gasteiger partial charge on any atom is -0.478 e. The molecule has 182 valence electrons. The molecule has 0 spiro atoms. The number of benzene rings is 2. The largest absolute Gasteiger partial charge is 0.490 e. The highest BCUT2D eigenvalue weighted by Crippen LogP contribution is 2.43. The molecule has 1 aromatic heterocycles. The van der Waals surface area contributed by atoms with E-state index >= 15 is 0 Å². The SMILES string of the molecule is Nc1nc(Nc2cc(Cl)c(-c3ccc(C(=O)O)cc3)c(C(F)(F)F)c2)n[nH]1.O=C(O)C(F)(F)F. The van der Waals surface area contributed by atoms with Crippen LogP contribution in [0.15, 0.2) is 36.4 Å². The van der Waals surface area contributed by atoms with Crippen molar-refractivity contribution < 1.29 is 46.1 Å². The molecular formula is C18H12ClF6N5O4. The lowest BCUT2D eigenvalue weighted by atomic mass is 9.97. The van der Waals surface area contributed by atoms with E-state index in [1.165, 1.54) is 30.3 Å². The second-order valence-electron chi connectivity index (χ2n) is 6.23. The van der Waals surface area contributed by atoms with Gasteiger partial charge in [0.2, 0.25) is 11.9 Å². The molecule has 0 atom stereocenters. The molecule has 0 saturated carbocycles. The lowest BCUT2D eigenvalue weighted by Gasteiger charge is -2.17. The Kier molecular flexibility index (Phi) is 7.61. The molecule has 6 N–H and O–H groups in total. The number of halogens is 7. The van der Waals surface area contributed by atoms with E-state index in [0.717, 1.165) is 6.07 Å². The van der Waals surface area contributed by atoms with Crippen molar-refractivity contribution in [2.24, 2.45) is 0 Å². The zero-order chi connectivity index (χ0) is 25.8. The lowest BCUT2D eigenvalue weighted by molar-refractivity contribution is -0.192. The van der Waals surface area contributed by atoms with Gasteiger partial charge in [-0.15, -0.1) is 5.10 Å². The third-order valence-electron chi connectivity index (χ3n) is 3.82. The van der Waals surface area contributed by atoms with E-state index in [-0.39, 0.29) is 39.3 Å². The number of H-pyrrole nitrogens is 1. The normalized spacial score (nSPS) is 11.4. The van der Waals surface area contributed by atoms with Gasteiger partial charge in [-0.2, -0.15) is 31.3 Å². The number of carbonyl (C=O) groups is 2. The Labute approximate surface area is 190 Å². The summed E-state index contributed by atoms with van der Waals surface area (Å²) < 4.78 is 72.6. The van der Waals surface area contributed by atoms with Crippen molar-refractivity contribution in [2.45, 2.75) is 12.4 Å². The van der Waals surface area contributed by atoms with Crippen LogP contribution in [0.2, 0.25) is 5.02 Å². The number of nitrogens with zero attached hydrogens (tertiary/aromatic N) is 2. The van der Waals surface area contributed by atoms with Gasteiger partial charge in [0.15, 0.2) is 0 Å². The van der Waals surface area contributed by atoms with Gasteiger partial charge in [0.05, 0.1) is 16.1 Å². The summed E-state index contributed by atoms with van der Waals surface area (Å²) in [7, 11) is 0. The number of hydrogen-bond donors (Lipinski definition) is 5. The number of aliphatic carboxylic acids is 1. The third-order valence-corrected chi connectivity index (χ3v) is 4.12. The van der Waals surface area contributed by atoms with Gasteiger partial charge in [0, 0.05) is 11.3 Å². The van der Waals surface area contributed by atoms with Crippen molar-refractivity contribution in [1.29, 1.82) is 0 Å². The van der Waals surface area contributed by atoms with Gasteiger partial charge in [0.25, 0.3) is 0 Å². The summed E-state index contributed by atoms with van der Waals surface area (Å²) in [4.78, 5) is 23.6. The van der Waals surface area contributed by atoms with Crippen LogP contribution in [0.3, 0.4) is 0 Å². The number of carboxylic acid groups (broad SMARTS) is 2. The standard InChI is InChI=1S/C16H11ClF3N5O2.C2HF3O2/c17-11-6-9(22-15-23-14(21)24-25-15)5-10(16(18,19)20)12(11)7-1-3-8(4-2-7)13(26)27;3-2(4,5)1(6)7/h1-6H,(H,26,27)(H4,21,22,23,24,25);(H,6,7). The average molecular weight is 512 g/mol. The van der Waals surface area contributed by atoms with E-state index in [2.05, 4.69) is 20.5 Å². The molecule has 34 heavy (non-hydrogen) atoms. The van der Waals surface area contributed by atoms with Gasteiger partial charge >= 0.3 is 24.3 Å². The summed E-state index contributed by atoms with van der Waals surface area (Å²) in [5.41, 5.74) is 4.21. The van der Waals surface area contributed by atoms with E-state index in [1.54, 1.807) is 0 Å². The maximum absolute atomic E-state index is 13.6. The number of carboxylic acids is 2. The van der Waals surface area contributed by atoms with Gasteiger partial charge < -0.3 is 21.3 Å². The van der Waals surface area contributed by atoms with Crippen LogP contribution in [-0.2, 0) is 11.0 Å². The topological polar surface area (TPSA) is 154 Å². The number of aromatic nitrogens is 3. The van der Waals surface area contributed by atoms with E-state index in [0.29, 0.717) is 0 Å². The van der Waals surface area contributed by atoms with Crippen molar-refractivity contribution in [3.05, 3.63) is 52.5 Å². The number of nitrogens with one attached hydrogen (secondary N) is 2. The van der Waals surface area contributed by atoms with E-state index in [4.69, 9.17) is 32.3 Å². The molecule has 0 aliphatic carbocycles. The number of aromatic amines is 1. The summed E-state index contributed by atoms with van der Waals surface area (Å²) in [6.45, 7) is 0. The van der Waals surface area contributed by atoms with Gasteiger partial charge in [-0.1, -0.05) is 23.7 Å². The number of aromatic carboxylic acids is 1. The third kappa shape index (κ3) is 6.74. The number of nitrogens with two attached hydrogens (primary N) is 1. The first-order valence-electron chi connectivity index (χ1n) is 8.59. The number of nitrogen functional groups attached to an aromatic ring is 1. The molecule has 0 saturated heterocycles. The summed E-state index contributed by atoms with van der Waals surface area (Å²) in [6.07, 6.45) is -9.79. The molecule has 0 aliphatic heterocycles. The zero-order valence-electron chi connectivity index (χ0n) is 16.3. The minimum atomic E-state index is -5.08. The molecule has 3 rings (SSSR count). The highest BCUT2D eigenvalue weighted by atomic mass is 35.5. The highest BCUT2D eigenvalue weighted by molar-refractivity contribution is 6.34. The predicted molar refractivity (Wildman–Crippen MR) is 107 cm³/mol. The molecule has 16 heteroatoms. The maximum Gasteiger partial charge on any atom is 0.490 e. The fourth-order valence-electron chi connectivity index (χ4n) is 2.43. The smallest absolute Gasteiger partial charge is 0.478 e. The summed E-state index contributed by atoms with van der Waals surface area (Å²) in [5.74, 6) is -3.97. The molecule has 0 bridgehead atoms. The van der Waals surface area contributed by atoms with Gasteiger partial charge in [-0.05, 0) is 29.8 Å². The Hall–Kier alpha value is -4.01. The molecule has 2 aromatic carbocycles. The second kappa shape index (κ2) is 9.86. The summed E-state index contributed by atoms with van der Waals surface area (Å²) in [6, 6.07) is 7.09. The van der Waals surface area contributed by atoms with Crippen molar-refractivity contribution in [2.75, 3.05) is 11.1 Å². The first kappa shape index (κ1) is 26.2. The van der Waals surface area contributed by atoms with Crippen LogP contribution in [0, 0.1) is 0 Å². The first-order valence-corrected chi connectivity index (χ1v) is 8.97. The predicted octanol–water partition coefficient (Wildman–Crippen LogP) is 4.80. The number of anilines is 3. The molecule has 3 aromatic rings. The second-order valence-corrected chi connectivity index (χ2v) is 6.64. The van der Waals surface area contributed by atoms with Gasteiger partial charge in [-0.3, -0.25) is 0 Å². The monoisotopic (exact) mass is 511 g/mol. The number of rotatable bonds is 4. The van der Waals surface area contributed by atoms with Crippen LogP contribution < -0.4 is 11.1 Å². The van der Waals surface area contributed by atoms with Crippen molar-refractivity contribution in [1.82, 2.24) is 15.2 Å². The zero-order valence-corrected chi connectivity index (χ0v) is 17.0. The van der Waals surface area contributed by atoms with Gasteiger partial charge in [-0.25, -0.2) is 14.7 Å². The molecule has 1 heterocycles. The lowest BCUT2D eigenvalue weighted by Crippen LogP contribution is -2.21. The summed E-state index contributed by atoms with van der Waals surface area (Å²) in [5, 5.41) is 24.5. The fraction of sp³-hybridized carbons (Fsp3) is 0.111. The Morgan fingerprint density at radius 2 is 1.59 bits per heavy atom. The van der Waals surface area contributed by atoms with Crippen LogP contribution in [0.4, 0.5) is 43.9 Å². The molecule has 0 radical (unpaired) electrons. The van der Waals surface area contributed by atoms with Crippen LogP contribution in [-0.4, -0.2) is 43.5 Å². The Balaban J connectivity index is 0.000000509. The molecule has 9 nitrogen and oxygen atoms in total. The van der Waals surface area contributed by atoms with E-state index in [1.807, 2.05) is 0 Å². The van der Waals surface area contributed by atoms with Crippen molar-refractivity contribution >= 4 is 41.1 Å². The quantitative estimate of drug-likeness (QED) is 0.313. The van der Waals surface area contributed by atoms with Crippen LogP contribution in [0.25, 0.3) is 11.1 Å². The Morgan fingerprint density at radius 3 is 2.00 bits per heavy atom. The molecule has 0 aliphatic rings. The Bertz CT molecular complexity index is 1200. The fourth-order valence-corrected chi connectivity index (χ4v) is 2.76. The minimum absolute atomic E-state index is 0.00483. The molecule has 0 unspecified atom stereocenters. The van der Waals surface area contributed by atoms with Gasteiger partial charge in [0.1, 0.15) is 0 Å². The highest BCUT2D eigenvalue weighted by Gasteiger charge is 2.38. The van der Waals surface area contributed by atoms with E-state index in [9.17, 15) is 31.1 Å². The average Bonchev–Trinajstić information content (AvgIpc) is 3.11. The molecule has 0 fully saturated rings. The van der Waals surface area contributed by atoms with Crippen LogP contribution in [0.1, 0.15) is 15.9 Å². The van der Waals surface area contributed by atoms with Crippen molar-refractivity contribution in [3.63, 3.8) is 0 Å². The molecule has 0 amide bonds. The van der Waals surface area contributed by atoms with Crippen LogP contribution in [0.5, 0.6) is 0 Å². The van der Waals surface area contributed by atoms with Crippen molar-refractivity contribution in [3.8, 4) is 11.1 Å². The number of alkyl halides is 6. The maximum atomic E-state index is 13.6. The number of hydrogen-bond acceptors (Lipinski definition) is 6. The summed E-state index contributed by atoms with van der Waals surface area (Å²) >= 11 is 6.12.